The Labute approximate surface area is 142 Å². The minimum atomic E-state index is -0.441. The van der Waals surface area contributed by atoms with E-state index in [9.17, 15) is 9.18 Å². The van der Waals surface area contributed by atoms with Crippen LogP contribution >= 0.6 is 0 Å². The predicted molar refractivity (Wildman–Crippen MR) is 89.3 cm³/mol. The second-order valence-electron chi connectivity index (χ2n) is 5.51. The van der Waals surface area contributed by atoms with E-state index < -0.39 is 5.97 Å². The summed E-state index contributed by atoms with van der Waals surface area (Å²) in [5.74, 6) is -0.280. The van der Waals surface area contributed by atoms with Crippen LogP contribution in [0, 0.1) is 5.82 Å². The number of benzene rings is 2. The van der Waals surface area contributed by atoms with E-state index in [1.54, 1.807) is 24.4 Å². The summed E-state index contributed by atoms with van der Waals surface area (Å²) in [7, 11) is 0. The molecule has 4 aromatic rings. The number of carbonyl (C=O) groups is 1. The van der Waals surface area contributed by atoms with Gasteiger partial charge in [-0.15, -0.1) is 0 Å². The molecule has 0 bridgehead atoms. The zero-order valence-electron chi connectivity index (χ0n) is 13.0. The third kappa shape index (κ3) is 3.01. The molecule has 4 rings (SSSR count). The first-order chi connectivity index (χ1) is 12.2. The number of esters is 1. The summed E-state index contributed by atoms with van der Waals surface area (Å²) < 4.78 is 23.5. The summed E-state index contributed by atoms with van der Waals surface area (Å²) in [4.78, 5) is 15.3. The minimum absolute atomic E-state index is 0.0109. The van der Waals surface area contributed by atoms with Crippen LogP contribution in [-0.4, -0.2) is 16.1 Å². The number of rotatable bonds is 4. The number of aromatic nitrogens is 2. The van der Waals surface area contributed by atoms with E-state index in [4.69, 9.17) is 9.26 Å². The molecule has 0 saturated heterocycles. The largest absolute Gasteiger partial charge is 0.455 e. The lowest BCUT2D eigenvalue weighted by Crippen LogP contribution is -2.04. The average Bonchev–Trinajstić information content (AvgIpc) is 3.27. The summed E-state index contributed by atoms with van der Waals surface area (Å²) in [5.41, 5.74) is 2.52. The van der Waals surface area contributed by atoms with Crippen molar-refractivity contribution >= 4 is 16.9 Å². The number of fused-ring (bicyclic) bond motifs is 1. The quantitative estimate of drug-likeness (QED) is 0.564. The summed E-state index contributed by atoms with van der Waals surface area (Å²) in [6, 6.07) is 15.0. The highest BCUT2D eigenvalue weighted by molar-refractivity contribution is 6.03. The fourth-order valence-corrected chi connectivity index (χ4v) is 2.59. The normalized spacial score (nSPS) is 10.9. The average molecular weight is 336 g/mol. The molecule has 2 aromatic heterocycles. The van der Waals surface area contributed by atoms with E-state index in [1.807, 2.05) is 24.3 Å². The maximum absolute atomic E-state index is 13.0. The number of carbonyl (C=O) groups excluding carboxylic acids is 1. The fraction of sp³-hybridized carbons (Fsp3) is 0.0526. The van der Waals surface area contributed by atoms with Crippen molar-refractivity contribution in [1.82, 2.24) is 10.1 Å². The summed E-state index contributed by atoms with van der Waals surface area (Å²) >= 11 is 0. The van der Waals surface area contributed by atoms with Gasteiger partial charge < -0.3 is 14.2 Å². The van der Waals surface area contributed by atoms with Crippen molar-refractivity contribution in [3.05, 3.63) is 77.9 Å². The van der Waals surface area contributed by atoms with E-state index in [1.165, 1.54) is 12.1 Å². The van der Waals surface area contributed by atoms with E-state index in [-0.39, 0.29) is 12.4 Å². The SMILES string of the molecule is O=C(OCc1cc(-c2ccc(F)cc2)on1)c1c[nH]c2ccccc12. The number of H-pyrrole nitrogens is 1. The number of halogens is 1. The van der Waals surface area contributed by atoms with Crippen LogP contribution < -0.4 is 0 Å². The Bertz CT molecular complexity index is 1030. The molecule has 0 amide bonds. The van der Waals surface area contributed by atoms with Crippen LogP contribution in [0.2, 0.25) is 0 Å². The molecule has 2 heterocycles. The first kappa shape index (κ1) is 15.1. The molecule has 0 fully saturated rings. The molecule has 0 unspecified atom stereocenters. The van der Waals surface area contributed by atoms with Gasteiger partial charge in [-0.2, -0.15) is 0 Å². The van der Waals surface area contributed by atoms with Crippen molar-refractivity contribution < 1.29 is 18.4 Å². The summed E-state index contributed by atoms with van der Waals surface area (Å²) in [6.45, 7) is -0.0109. The Morgan fingerprint density at radius 3 is 2.80 bits per heavy atom. The van der Waals surface area contributed by atoms with Gasteiger partial charge >= 0.3 is 5.97 Å². The summed E-state index contributed by atoms with van der Waals surface area (Å²) in [5, 5.41) is 4.68. The number of aromatic amines is 1. The van der Waals surface area contributed by atoms with Gasteiger partial charge in [-0.1, -0.05) is 23.4 Å². The Balaban J connectivity index is 1.46. The molecule has 25 heavy (non-hydrogen) atoms. The Morgan fingerprint density at radius 1 is 1.16 bits per heavy atom. The lowest BCUT2D eigenvalue weighted by Gasteiger charge is -2.00. The molecule has 0 aliphatic carbocycles. The van der Waals surface area contributed by atoms with Crippen LogP contribution in [0.1, 0.15) is 16.1 Å². The van der Waals surface area contributed by atoms with Gasteiger partial charge in [-0.05, 0) is 30.3 Å². The second-order valence-corrected chi connectivity index (χ2v) is 5.51. The van der Waals surface area contributed by atoms with Crippen molar-refractivity contribution in [3.8, 4) is 11.3 Å². The standard InChI is InChI=1S/C19H13FN2O3/c20-13-7-5-12(6-8-13)18-9-14(22-25-18)11-24-19(23)16-10-21-17-4-2-1-3-15(16)17/h1-10,21H,11H2. The van der Waals surface area contributed by atoms with Crippen LogP contribution in [0.15, 0.2) is 65.3 Å². The smallest absolute Gasteiger partial charge is 0.340 e. The van der Waals surface area contributed by atoms with Crippen molar-refractivity contribution in [1.29, 1.82) is 0 Å². The number of nitrogens with one attached hydrogen (secondary N) is 1. The van der Waals surface area contributed by atoms with Gasteiger partial charge in [-0.25, -0.2) is 9.18 Å². The van der Waals surface area contributed by atoms with Crippen molar-refractivity contribution in [2.24, 2.45) is 0 Å². The van der Waals surface area contributed by atoms with Gasteiger partial charge in [0, 0.05) is 28.7 Å². The van der Waals surface area contributed by atoms with Crippen molar-refractivity contribution in [2.45, 2.75) is 6.61 Å². The molecule has 0 spiro atoms. The van der Waals surface area contributed by atoms with Crippen LogP contribution in [-0.2, 0) is 11.3 Å². The zero-order chi connectivity index (χ0) is 17.2. The third-order valence-corrected chi connectivity index (χ3v) is 3.85. The fourth-order valence-electron chi connectivity index (χ4n) is 2.59. The van der Waals surface area contributed by atoms with Crippen molar-refractivity contribution in [3.63, 3.8) is 0 Å². The Kier molecular flexibility index (Phi) is 3.78. The van der Waals surface area contributed by atoms with E-state index in [2.05, 4.69) is 10.1 Å². The van der Waals surface area contributed by atoms with E-state index >= 15 is 0 Å². The molecule has 0 radical (unpaired) electrons. The Hall–Kier alpha value is -3.41. The molecular weight excluding hydrogens is 323 g/mol. The van der Waals surface area contributed by atoms with Gasteiger partial charge in [0.1, 0.15) is 18.1 Å². The van der Waals surface area contributed by atoms with Gasteiger partial charge in [0.15, 0.2) is 5.76 Å². The van der Waals surface area contributed by atoms with Crippen LogP contribution in [0.5, 0.6) is 0 Å². The number of nitrogens with zero attached hydrogens (tertiary/aromatic N) is 1. The lowest BCUT2D eigenvalue weighted by molar-refractivity contribution is 0.0466. The maximum atomic E-state index is 13.0. The molecule has 0 aliphatic heterocycles. The topological polar surface area (TPSA) is 68.1 Å². The van der Waals surface area contributed by atoms with Crippen LogP contribution in [0.4, 0.5) is 4.39 Å². The molecule has 5 nitrogen and oxygen atoms in total. The predicted octanol–water partition coefficient (Wildman–Crippen LogP) is 4.32. The molecule has 124 valence electrons. The molecular formula is C19H13FN2O3. The van der Waals surface area contributed by atoms with Crippen LogP contribution in [0.3, 0.4) is 0 Å². The van der Waals surface area contributed by atoms with Crippen molar-refractivity contribution in [2.75, 3.05) is 0 Å². The van der Waals surface area contributed by atoms with E-state index in [0.717, 1.165) is 10.9 Å². The number of hydrogen-bond acceptors (Lipinski definition) is 4. The highest BCUT2D eigenvalue weighted by Crippen LogP contribution is 2.22. The number of hydrogen-bond donors (Lipinski definition) is 1. The highest BCUT2D eigenvalue weighted by Gasteiger charge is 2.14. The second kappa shape index (κ2) is 6.24. The molecule has 0 saturated carbocycles. The monoisotopic (exact) mass is 336 g/mol. The lowest BCUT2D eigenvalue weighted by atomic mass is 10.1. The molecule has 1 N–H and O–H groups in total. The van der Waals surface area contributed by atoms with Gasteiger partial charge in [0.05, 0.1) is 5.56 Å². The maximum Gasteiger partial charge on any atom is 0.340 e. The van der Waals surface area contributed by atoms with Gasteiger partial charge in [0.2, 0.25) is 0 Å². The molecule has 6 heteroatoms. The zero-order valence-corrected chi connectivity index (χ0v) is 13.0. The number of para-hydroxylation sites is 1. The van der Waals surface area contributed by atoms with Crippen LogP contribution in [0.25, 0.3) is 22.2 Å². The first-order valence-electron chi connectivity index (χ1n) is 7.65. The Morgan fingerprint density at radius 2 is 1.96 bits per heavy atom. The van der Waals surface area contributed by atoms with Gasteiger partial charge in [-0.3, -0.25) is 0 Å². The van der Waals surface area contributed by atoms with E-state index in [0.29, 0.717) is 22.6 Å². The molecule has 2 aromatic carbocycles. The number of ether oxygens (including phenoxy) is 1. The molecule has 0 aliphatic rings. The molecule has 0 atom stereocenters. The first-order valence-corrected chi connectivity index (χ1v) is 7.65. The van der Waals surface area contributed by atoms with Gasteiger partial charge in [0.25, 0.3) is 0 Å². The summed E-state index contributed by atoms with van der Waals surface area (Å²) in [6.07, 6.45) is 1.62. The third-order valence-electron chi connectivity index (χ3n) is 3.85. The highest BCUT2D eigenvalue weighted by atomic mass is 19.1. The minimum Gasteiger partial charge on any atom is -0.455 e.